The topological polar surface area (TPSA) is 149 Å². The number of para-hydroxylation sites is 2. The fourth-order valence-electron chi connectivity index (χ4n) is 4.48. The van der Waals surface area contributed by atoms with E-state index in [-0.39, 0.29) is 17.2 Å². The van der Waals surface area contributed by atoms with Crippen LogP contribution in [0.25, 0.3) is 6.08 Å². The van der Waals surface area contributed by atoms with Crippen molar-refractivity contribution >= 4 is 52.8 Å². The maximum atomic E-state index is 13.7. The van der Waals surface area contributed by atoms with Gasteiger partial charge in [-0.25, -0.2) is 0 Å². The van der Waals surface area contributed by atoms with Crippen LogP contribution in [0.3, 0.4) is 0 Å². The highest BCUT2D eigenvalue weighted by Crippen LogP contribution is 2.33. The molecule has 10 nitrogen and oxygen atoms in total. The Morgan fingerprint density at radius 3 is 2.26 bits per heavy atom. The largest absolute Gasteiger partial charge is 0.493 e. The molecule has 0 aliphatic heterocycles. The smallest absolute Gasteiger partial charge is 0.272 e. The number of carbonyl (C=O) groups is 4. The standard InChI is InChI=1S/C35H34N4O6S/c1-4-30(35(43)38-27-18-9-8-17-26(27)32(36)40)46-25-16-11-15-24(21-25)37-34(42)28(39-33(41)22-12-6-5-7-13-22)20-23-14-10-19-29(44-2)31(23)45-3/h5-21,30H,4H2,1-3H3,(H2,36,40)(H,37,42)(H,38,43)(H,39,41)/b28-20+. The van der Waals surface area contributed by atoms with Gasteiger partial charge in [-0.1, -0.05) is 55.5 Å². The Morgan fingerprint density at radius 1 is 0.848 bits per heavy atom. The van der Waals surface area contributed by atoms with Crippen molar-refractivity contribution in [1.29, 1.82) is 0 Å². The third-order valence-electron chi connectivity index (χ3n) is 6.75. The number of primary amides is 1. The number of benzene rings is 4. The summed E-state index contributed by atoms with van der Waals surface area (Å²) in [5, 5.41) is 7.86. The number of anilines is 2. The molecule has 1 atom stereocenters. The lowest BCUT2D eigenvalue weighted by Gasteiger charge is -2.17. The Labute approximate surface area is 271 Å². The summed E-state index contributed by atoms with van der Waals surface area (Å²) < 4.78 is 10.9. The lowest BCUT2D eigenvalue weighted by Crippen LogP contribution is -2.30. The van der Waals surface area contributed by atoms with Crippen LogP contribution >= 0.6 is 11.8 Å². The van der Waals surface area contributed by atoms with Gasteiger partial charge in [0.15, 0.2) is 11.5 Å². The molecule has 0 radical (unpaired) electrons. The predicted octanol–water partition coefficient (Wildman–Crippen LogP) is 5.72. The van der Waals surface area contributed by atoms with Crippen molar-refractivity contribution < 1.29 is 28.7 Å². The predicted molar refractivity (Wildman–Crippen MR) is 180 cm³/mol. The highest BCUT2D eigenvalue weighted by Gasteiger charge is 2.21. The molecule has 0 saturated heterocycles. The van der Waals surface area contributed by atoms with E-state index in [1.54, 1.807) is 91.0 Å². The molecule has 0 aliphatic rings. The van der Waals surface area contributed by atoms with Crippen molar-refractivity contribution in [3.63, 3.8) is 0 Å². The number of hydrogen-bond donors (Lipinski definition) is 4. The molecule has 236 valence electrons. The van der Waals surface area contributed by atoms with Crippen LogP contribution in [-0.4, -0.2) is 43.1 Å². The summed E-state index contributed by atoms with van der Waals surface area (Å²) >= 11 is 1.31. The second kappa shape index (κ2) is 16.0. The number of nitrogens with two attached hydrogens (primary N) is 1. The number of nitrogens with one attached hydrogen (secondary N) is 3. The fourth-order valence-corrected chi connectivity index (χ4v) is 5.49. The number of ether oxygens (including phenoxy) is 2. The van der Waals surface area contributed by atoms with Crippen molar-refractivity contribution in [3.05, 3.63) is 119 Å². The van der Waals surface area contributed by atoms with Gasteiger partial charge >= 0.3 is 0 Å². The van der Waals surface area contributed by atoms with Gasteiger partial charge in [0, 0.05) is 21.7 Å². The van der Waals surface area contributed by atoms with Gasteiger partial charge in [-0.05, 0) is 61.0 Å². The van der Waals surface area contributed by atoms with Crippen LogP contribution < -0.4 is 31.2 Å². The first-order chi connectivity index (χ1) is 22.2. The first kappa shape index (κ1) is 33.3. The number of methoxy groups -OCH3 is 2. The molecule has 5 N–H and O–H groups in total. The van der Waals surface area contributed by atoms with E-state index in [1.165, 1.54) is 32.1 Å². The third-order valence-corrected chi connectivity index (χ3v) is 8.10. The molecule has 0 fully saturated rings. The minimum Gasteiger partial charge on any atom is -0.493 e. The first-order valence-electron chi connectivity index (χ1n) is 14.3. The van der Waals surface area contributed by atoms with Crippen molar-refractivity contribution in [2.45, 2.75) is 23.5 Å². The average molecular weight is 639 g/mol. The molecule has 0 aliphatic carbocycles. The summed E-state index contributed by atoms with van der Waals surface area (Å²) in [5.74, 6) is -1.13. The zero-order chi connectivity index (χ0) is 33.1. The number of amides is 4. The molecule has 11 heteroatoms. The molecule has 4 rings (SSSR count). The summed E-state index contributed by atoms with van der Waals surface area (Å²) in [5.41, 5.74) is 7.32. The van der Waals surface area contributed by atoms with Gasteiger partial charge in [-0.3, -0.25) is 19.2 Å². The maximum Gasteiger partial charge on any atom is 0.272 e. The van der Waals surface area contributed by atoms with E-state index >= 15 is 0 Å². The van der Waals surface area contributed by atoms with Crippen LogP contribution in [0.4, 0.5) is 11.4 Å². The van der Waals surface area contributed by atoms with E-state index in [9.17, 15) is 19.2 Å². The van der Waals surface area contributed by atoms with Crippen LogP contribution in [0.2, 0.25) is 0 Å². The molecular weight excluding hydrogens is 604 g/mol. The van der Waals surface area contributed by atoms with Gasteiger partial charge in [0.05, 0.1) is 30.7 Å². The van der Waals surface area contributed by atoms with E-state index < -0.39 is 23.0 Å². The van der Waals surface area contributed by atoms with E-state index in [1.807, 2.05) is 13.0 Å². The summed E-state index contributed by atoms with van der Waals surface area (Å²) in [6.45, 7) is 1.88. The Morgan fingerprint density at radius 2 is 1.57 bits per heavy atom. The van der Waals surface area contributed by atoms with Crippen LogP contribution in [0.5, 0.6) is 11.5 Å². The zero-order valence-electron chi connectivity index (χ0n) is 25.5. The normalized spacial score (nSPS) is 11.6. The third kappa shape index (κ3) is 8.54. The number of carbonyl (C=O) groups excluding carboxylic acids is 4. The molecule has 4 amide bonds. The average Bonchev–Trinajstić information content (AvgIpc) is 3.07. The minimum atomic E-state index is -0.640. The highest BCUT2D eigenvalue weighted by atomic mass is 32.2. The first-order valence-corrected chi connectivity index (χ1v) is 15.2. The van der Waals surface area contributed by atoms with Gasteiger partial charge in [-0.15, -0.1) is 11.8 Å². The number of thioether (sulfide) groups is 1. The van der Waals surface area contributed by atoms with E-state index in [0.29, 0.717) is 40.4 Å². The summed E-state index contributed by atoms with van der Waals surface area (Å²) in [4.78, 5) is 52.4. The van der Waals surface area contributed by atoms with Crippen molar-refractivity contribution in [3.8, 4) is 11.5 Å². The van der Waals surface area contributed by atoms with Gasteiger partial charge in [0.1, 0.15) is 5.70 Å². The highest BCUT2D eigenvalue weighted by molar-refractivity contribution is 8.00. The fraction of sp³-hybridized carbons (Fsp3) is 0.143. The van der Waals surface area contributed by atoms with Crippen molar-refractivity contribution in [2.24, 2.45) is 5.73 Å². The molecular formula is C35H34N4O6S. The van der Waals surface area contributed by atoms with Gasteiger partial charge in [0.25, 0.3) is 17.7 Å². The molecule has 1 unspecified atom stereocenters. The SMILES string of the molecule is CCC(Sc1cccc(NC(=O)/C(=C\c2cccc(OC)c2OC)NC(=O)c2ccccc2)c1)C(=O)Nc1ccccc1C(N)=O. The molecule has 4 aromatic rings. The van der Waals surface area contributed by atoms with Crippen LogP contribution in [-0.2, 0) is 9.59 Å². The summed E-state index contributed by atoms with van der Waals surface area (Å²) in [7, 11) is 2.99. The molecule has 0 saturated carbocycles. The summed E-state index contributed by atoms with van der Waals surface area (Å²) in [6, 6.07) is 27.3. The zero-order valence-corrected chi connectivity index (χ0v) is 26.4. The van der Waals surface area contributed by atoms with Crippen LogP contribution in [0.1, 0.15) is 39.6 Å². The van der Waals surface area contributed by atoms with Gasteiger partial charge in [0.2, 0.25) is 5.91 Å². The van der Waals surface area contributed by atoms with Gasteiger partial charge < -0.3 is 31.2 Å². The van der Waals surface area contributed by atoms with Gasteiger partial charge in [-0.2, -0.15) is 0 Å². The maximum absolute atomic E-state index is 13.7. The molecule has 46 heavy (non-hydrogen) atoms. The molecule has 4 aromatic carbocycles. The van der Waals surface area contributed by atoms with Crippen LogP contribution in [0, 0.1) is 0 Å². The van der Waals surface area contributed by atoms with Crippen molar-refractivity contribution in [1.82, 2.24) is 5.32 Å². The number of rotatable bonds is 13. The Bertz CT molecular complexity index is 1760. The minimum absolute atomic E-state index is 0.0302. The second-order valence-electron chi connectivity index (χ2n) is 9.86. The van der Waals surface area contributed by atoms with Crippen LogP contribution in [0.15, 0.2) is 108 Å². The van der Waals surface area contributed by atoms with E-state index in [4.69, 9.17) is 15.2 Å². The monoisotopic (exact) mass is 638 g/mol. The van der Waals surface area contributed by atoms with E-state index in [2.05, 4.69) is 16.0 Å². The molecule has 0 heterocycles. The molecule has 0 spiro atoms. The van der Waals surface area contributed by atoms with Crippen molar-refractivity contribution in [2.75, 3.05) is 24.9 Å². The molecule has 0 bridgehead atoms. The Kier molecular flexibility index (Phi) is 11.6. The summed E-state index contributed by atoms with van der Waals surface area (Å²) in [6.07, 6.45) is 2.00. The Hall–Kier alpha value is -5.55. The number of hydrogen-bond acceptors (Lipinski definition) is 7. The van der Waals surface area contributed by atoms with E-state index in [0.717, 1.165) is 4.90 Å². The lowest BCUT2D eigenvalue weighted by molar-refractivity contribution is -0.116. The lowest BCUT2D eigenvalue weighted by atomic mass is 10.1. The molecule has 0 aromatic heterocycles. The second-order valence-corrected chi connectivity index (χ2v) is 11.1. The quantitative estimate of drug-likeness (QED) is 0.108. The Balaban J connectivity index is 1.56.